The number of hydrogen-bond donors (Lipinski definition) is 0. The van der Waals surface area contributed by atoms with Crippen LogP contribution in [0.1, 0.15) is 24.2 Å². The second-order valence-corrected chi connectivity index (χ2v) is 7.38. The molecule has 0 atom stereocenters. The lowest BCUT2D eigenvalue weighted by Crippen LogP contribution is -2.35. The lowest BCUT2D eigenvalue weighted by molar-refractivity contribution is -0.131. The van der Waals surface area contributed by atoms with Crippen LogP contribution in [0.2, 0.25) is 0 Å². The average molecular weight is 427 g/mol. The van der Waals surface area contributed by atoms with Crippen LogP contribution in [0.4, 0.5) is 0 Å². The predicted octanol–water partition coefficient (Wildman–Crippen LogP) is 3.83. The second-order valence-electron chi connectivity index (χ2n) is 7.38. The van der Waals surface area contributed by atoms with E-state index in [9.17, 15) is 4.79 Å². The molecule has 158 valence electrons. The van der Waals surface area contributed by atoms with E-state index in [4.69, 9.17) is 4.52 Å². The summed E-state index contributed by atoms with van der Waals surface area (Å²) in [4.78, 5) is 21.4. The molecule has 0 bridgehead atoms. The van der Waals surface area contributed by atoms with Crippen molar-refractivity contribution in [3.63, 3.8) is 0 Å². The lowest BCUT2D eigenvalue weighted by Gasteiger charge is -2.21. The molecule has 1 aromatic heterocycles. The van der Waals surface area contributed by atoms with Gasteiger partial charge in [-0.25, -0.2) is 0 Å². The zero-order chi connectivity index (χ0) is 19.9. The van der Waals surface area contributed by atoms with Gasteiger partial charge >= 0.3 is 0 Å². The van der Waals surface area contributed by atoms with E-state index in [1.165, 1.54) is 5.56 Å². The summed E-state index contributed by atoms with van der Waals surface area (Å²) in [6.45, 7) is 3.95. The first-order valence-corrected chi connectivity index (χ1v) is 10.2. The summed E-state index contributed by atoms with van der Waals surface area (Å²) in [5.74, 6) is 1.47. The summed E-state index contributed by atoms with van der Waals surface area (Å²) in [6.07, 6.45) is 2.32. The molecule has 0 aliphatic carbocycles. The summed E-state index contributed by atoms with van der Waals surface area (Å²) in [5, 5.41) is 4.13. The molecule has 7 heteroatoms. The Balaban J connectivity index is 0.00000256. The highest BCUT2D eigenvalue weighted by Crippen LogP contribution is 2.17. The van der Waals surface area contributed by atoms with Crippen molar-refractivity contribution in [2.24, 2.45) is 0 Å². The maximum atomic E-state index is 12.6. The molecule has 3 aromatic rings. The number of nitrogens with zero attached hydrogens (tertiary/aromatic N) is 4. The van der Waals surface area contributed by atoms with E-state index in [2.05, 4.69) is 27.2 Å². The molecule has 0 spiro atoms. The summed E-state index contributed by atoms with van der Waals surface area (Å²) in [5.41, 5.74) is 2.14. The van der Waals surface area contributed by atoms with E-state index in [0.29, 0.717) is 24.7 Å². The Morgan fingerprint density at radius 2 is 1.67 bits per heavy atom. The second kappa shape index (κ2) is 10.9. The zero-order valence-corrected chi connectivity index (χ0v) is 17.8. The van der Waals surface area contributed by atoms with Gasteiger partial charge in [-0.2, -0.15) is 4.98 Å². The topological polar surface area (TPSA) is 62.5 Å². The number of hydrogen-bond acceptors (Lipinski definition) is 5. The molecule has 1 aliphatic rings. The molecule has 0 radical (unpaired) electrons. The largest absolute Gasteiger partial charge is 0.341 e. The number of carbonyl (C=O) groups is 1. The Labute approximate surface area is 183 Å². The van der Waals surface area contributed by atoms with Crippen molar-refractivity contribution in [3.05, 3.63) is 72.1 Å². The molecule has 1 saturated heterocycles. The number of benzene rings is 2. The van der Waals surface area contributed by atoms with Gasteiger partial charge in [-0.3, -0.25) is 9.69 Å². The van der Waals surface area contributed by atoms with Crippen molar-refractivity contribution in [2.75, 3.05) is 26.2 Å². The molecule has 0 N–H and O–H groups in total. The van der Waals surface area contributed by atoms with Gasteiger partial charge in [0, 0.05) is 38.2 Å². The van der Waals surface area contributed by atoms with Gasteiger partial charge < -0.3 is 9.42 Å². The van der Waals surface area contributed by atoms with Gasteiger partial charge in [0.1, 0.15) is 0 Å². The fourth-order valence-electron chi connectivity index (χ4n) is 3.65. The SMILES string of the molecule is Cl.O=C(CCc1ccccc1)N1CCCN(Cc2noc(-c3ccccc3)n2)CC1. The van der Waals surface area contributed by atoms with Gasteiger partial charge in [0.25, 0.3) is 5.89 Å². The van der Waals surface area contributed by atoms with E-state index in [1.807, 2.05) is 53.4 Å². The summed E-state index contributed by atoms with van der Waals surface area (Å²) in [6, 6.07) is 20.0. The smallest absolute Gasteiger partial charge is 0.257 e. The fraction of sp³-hybridized carbons (Fsp3) is 0.348. The summed E-state index contributed by atoms with van der Waals surface area (Å²) >= 11 is 0. The molecular formula is C23H27ClN4O2. The molecule has 4 rings (SSSR count). The van der Waals surface area contributed by atoms with E-state index >= 15 is 0 Å². The van der Waals surface area contributed by atoms with Crippen molar-refractivity contribution >= 4 is 18.3 Å². The minimum Gasteiger partial charge on any atom is -0.341 e. The van der Waals surface area contributed by atoms with Crippen LogP contribution in [0.15, 0.2) is 65.2 Å². The first-order chi connectivity index (χ1) is 14.3. The van der Waals surface area contributed by atoms with Crippen LogP contribution in [0, 0.1) is 0 Å². The molecule has 2 heterocycles. The maximum Gasteiger partial charge on any atom is 0.257 e. The van der Waals surface area contributed by atoms with Crippen molar-refractivity contribution < 1.29 is 9.32 Å². The van der Waals surface area contributed by atoms with Gasteiger partial charge in [-0.15, -0.1) is 12.4 Å². The number of carbonyl (C=O) groups excluding carboxylic acids is 1. The lowest BCUT2D eigenvalue weighted by atomic mass is 10.1. The van der Waals surface area contributed by atoms with Crippen LogP contribution in [-0.4, -0.2) is 52.0 Å². The Kier molecular flexibility index (Phi) is 7.99. The van der Waals surface area contributed by atoms with E-state index in [1.54, 1.807) is 0 Å². The molecule has 1 aliphatic heterocycles. The minimum absolute atomic E-state index is 0. The number of amides is 1. The number of halogens is 1. The van der Waals surface area contributed by atoms with Gasteiger partial charge in [-0.1, -0.05) is 53.7 Å². The first kappa shape index (κ1) is 22.0. The molecule has 0 saturated carbocycles. The van der Waals surface area contributed by atoms with Crippen LogP contribution in [0.3, 0.4) is 0 Å². The number of rotatable bonds is 6. The minimum atomic E-state index is 0. The van der Waals surface area contributed by atoms with Crippen molar-refractivity contribution in [2.45, 2.75) is 25.8 Å². The van der Waals surface area contributed by atoms with Crippen LogP contribution in [0.5, 0.6) is 0 Å². The monoisotopic (exact) mass is 426 g/mol. The Bertz CT molecular complexity index is 917. The third-order valence-corrected chi connectivity index (χ3v) is 5.27. The molecule has 0 unspecified atom stereocenters. The normalized spacial score (nSPS) is 14.7. The van der Waals surface area contributed by atoms with Crippen LogP contribution in [0.25, 0.3) is 11.5 Å². The first-order valence-electron chi connectivity index (χ1n) is 10.2. The number of aryl methyl sites for hydroxylation is 1. The van der Waals surface area contributed by atoms with Crippen LogP contribution >= 0.6 is 12.4 Å². The van der Waals surface area contributed by atoms with E-state index in [-0.39, 0.29) is 18.3 Å². The van der Waals surface area contributed by atoms with Gasteiger partial charge in [0.2, 0.25) is 5.91 Å². The highest BCUT2D eigenvalue weighted by Gasteiger charge is 2.20. The van der Waals surface area contributed by atoms with Crippen LogP contribution in [-0.2, 0) is 17.8 Å². The zero-order valence-electron chi connectivity index (χ0n) is 16.9. The maximum absolute atomic E-state index is 12.6. The predicted molar refractivity (Wildman–Crippen MR) is 118 cm³/mol. The van der Waals surface area contributed by atoms with Crippen molar-refractivity contribution in [3.8, 4) is 11.5 Å². The highest BCUT2D eigenvalue weighted by atomic mass is 35.5. The third kappa shape index (κ3) is 5.90. The average Bonchev–Trinajstić information content (AvgIpc) is 3.11. The van der Waals surface area contributed by atoms with Crippen molar-refractivity contribution in [1.82, 2.24) is 19.9 Å². The molecule has 30 heavy (non-hydrogen) atoms. The Morgan fingerprint density at radius 3 is 2.43 bits per heavy atom. The molecule has 1 fully saturated rings. The molecule has 1 amide bonds. The van der Waals surface area contributed by atoms with Crippen molar-refractivity contribution in [1.29, 1.82) is 0 Å². The Hall–Kier alpha value is -2.70. The Morgan fingerprint density at radius 1 is 0.933 bits per heavy atom. The van der Waals surface area contributed by atoms with Crippen LogP contribution < -0.4 is 0 Å². The van der Waals surface area contributed by atoms with Gasteiger partial charge in [-0.05, 0) is 30.5 Å². The molecule has 6 nitrogen and oxygen atoms in total. The molecular weight excluding hydrogens is 400 g/mol. The highest BCUT2D eigenvalue weighted by molar-refractivity contribution is 5.85. The molecule has 2 aromatic carbocycles. The quantitative estimate of drug-likeness (QED) is 0.599. The number of aromatic nitrogens is 2. The van der Waals surface area contributed by atoms with E-state index in [0.717, 1.165) is 44.6 Å². The van der Waals surface area contributed by atoms with Gasteiger partial charge in [0.05, 0.1) is 6.54 Å². The summed E-state index contributed by atoms with van der Waals surface area (Å²) in [7, 11) is 0. The fourth-order valence-corrected chi connectivity index (χ4v) is 3.65. The third-order valence-electron chi connectivity index (χ3n) is 5.27. The standard InChI is InChI=1S/C23H26N4O2.ClH/c28-22(13-12-19-8-3-1-4-9-19)27-15-7-14-26(16-17-27)18-21-24-23(29-25-21)20-10-5-2-6-11-20;/h1-6,8-11H,7,12-18H2;1H. The van der Waals surface area contributed by atoms with E-state index < -0.39 is 0 Å². The van der Waals surface area contributed by atoms with Gasteiger partial charge in [0.15, 0.2) is 5.82 Å². The summed E-state index contributed by atoms with van der Waals surface area (Å²) < 4.78 is 5.40.